The molecular formula is C25H23FN6O4S. The quantitative estimate of drug-likeness (QED) is 0.274. The smallest absolute Gasteiger partial charge is 0.287 e. The number of benzene rings is 2. The van der Waals surface area contributed by atoms with E-state index in [1.54, 1.807) is 6.92 Å². The molecule has 3 heterocycles. The van der Waals surface area contributed by atoms with E-state index in [9.17, 15) is 23.9 Å². The van der Waals surface area contributed by atoms with Crippen molar-refractivity contribution in [1.82, 2.24) is 19.2 Å². The molecule has 4 aromatic rings. The van der Waals surface area contributed by atoms with Crippen LogP contribution in [0.25, 0.3) is 10.1 Å². The van der Waals surface area contributed by atoms with Gasteiger partial charge in [0.05, 0.1) is 16.9 Å². The van der Waals surface area contributed by atoms with Crippen LogP contribution in [0.4, 0.5) is 15.9 Å². The lowest BCUT2D eigenvalue weighted by molar-refractivity contribution is -0.120. The predicted molar refractivity (Wildman–Crippen MR) is 136 cm³/mol. The molecule has 0 radical (unpaired) electrons. The van der Waals surface area contributed by atoms with Gasteiger partial charge in [0, 0.05) is 18.1 Å². The molecule has 0 saturated carbocycles. The summed E-state index contributed by atoms with van der Waals surface area (Å²) in [6, 6.07) is 11.3. The Kier molecular flexibility index (Phi) is 6.00. The van der Waals surface area contributed by atoms with E-state index in [0.29, 0.717) is 16.9 Å². The molecule has 4 N–H and O–H groups in total. The number of aliphatic hydroxyl groups excluding tert-OH is 1. The minimum absolute atomic E-state index is 0.0146. The van der Waals surface area contributed by atoms with Crippen LogP contribution < -0.4 is 16.0 Å². The lowest BCUT2D eigenvalue weighted by atomic mass is 9.80. The van der Waals surface area contributed by atoms with Gasteiger partial charge < -0.3 is 25.6 Å². The fourth-order valence-corrected chi connectivity index (χ4v) is 5.47. The number of rotatable bonds is 7. The number of hydrogen-bond acceptors (Lipinski definition) is 8. The van der Waals surface area contributed by atoms with Crippen molar-refractivity contribution >= 4 is 50.7 Å². The average molecular weight is 523 g/mol. The zero-order chi connectivity index (χ0) is 26.5. The van der Waals surface area contributed by atoms with Gasteiger partial charge in [0.15, 0.2) is 12.0 Å². The zero-order valence-electron chi connectivity index (χ0n) is 20.1. The van der Waals surface area contributed by atoms with Gasteiger partial charge in [-0.25, -0.2) is 9.37 Å². The summed E-state index contributed by atoms with van der Waals surface area (Å²) in [7, 11) is 1.41. The summed E-state index contributed by atoms with van der Waals surface area (Å²) < 4.78 is 20.9. The van der Waals surface area contributed by atoms with Gasteiger partial charge in [0.25, 0.3) is 5.91 Å². The number of anilines is 2. The maximum atomic E-state index is 14.3. The SMILES string of the molecule is CNC(=O)c1nc(NC(O)c2nsc3ccccc23)c([C@]2(C)C(=O)Nc3ccc(F)cc32)n1CC(C)=O. The summed E-state index contributed by atoms with van der Waals surface area (Å²) in [5, 5.41) is 20.0. The molecule has 1 aliphatic rings. The number of hydrogen-bond donors (Lipinski definition) is 4. The number of amides is 2. The molecule has 190 valence electrons. The molecule has 0 aliphatic carbocycles. The Morgan fingerprint density at radius 1 is 1.27 bits per heavy atom. The Morgan fingerprint density at radius 2 is 2.03 bits per heavy atom. The molecule has 12 heteroatoms. The number of aromatic nitrogens is 3. The average Bonchev–Trinajstić information content (AvgIpc) is 3.52. The van der Waals surface area contributed by atoms with Gasteiger partial charge in [-0.3, -0.25) is 14.4 Å². The first-order chi connectivity index (χ1) is 17.6. The number of carbonyl (C=O) groups excluding carboxylic acids is 3. The lowest BCUT2D eigenvalue weighted by Crippen LogP contribution is -2.37. The highest BCUT2D eigenvalue weighted by atomic mass is 32.1. The van der Waals surface area contributed by atoms with Crippen LogP contribution >= 0.6 is 11.5 Å². The van der Waals surface area contributed by atoms with Gasteiger partial charge in [-0.2, -0.15) is 4.37 Å². The monoisotopic (exact) mass is 522 g/mol. The topological polar surface area (TPSA) is 138 Å². The van der Waals surface area contributed by atoms with Crippen LogP contribution in [0.5, 0.6) is 0 Å². The second-order valence-electron chi connectivity index (χ2n) is 8.88. The maximum Gasteiger partial charge on any atom is 0.287 e. The standard InChI is InChI=1S/C25H23FN6O4S/c1-12(33)11-32-19(25(2)15-10-13(26)8-9-16(15)28-24(25)36)20(29-21(32)23(35)27-3)30-22(34)18-14-6-4-5-7-17(14)37-31-18/h4-10,22,30,34H,11H2,1-3H3,(H,27,35)(H,28,36)/t22?,25-/m1/s1. The van der Waals surface area contributed by atoms with Crippen LogP contribution in [-0.2, 0) is 21.5 Å². The number of imidazole rings is 1. The summed E-state index contributed by atoms with van der Waals surface area (Å²) >= 11 is 1.21. The Morgan fingerprint density at radius 3 is 2.76 bits per heavy atom. The van der Waals surface area contributed by atoms with E-state index >= 15 is 0 Å². The largest absolute Gasteiger partial charge is 0.368 e. The van der Waals surface area contributed by atoms with E-state index in [2.05, 4.69) is 25.3 Å². The van der Waals surface area contributed by atoms with Gasteiger partial charge in [-0.05, 0) is 55.2 Å². The van der Waals surface area contributed by atoms with Crippen molar-refractivity contribution in [3.05, 3.63) is 71.1 Å². The molecule has 5 rings (SSSR count). The van der Waals surface area contributed by atoms with Crippen molar-refractivity contribution in [1.29, 1.82) is 0 Å². The number of Topliss-reactive ketones (excluding diaryl/α,β-unsaturated/α-hetero) is 1. The number of halogens is 1. The van der Waals surface area contributed by atoms with Crippen molar-refractivity contribution in [3.8, 4) is 0 Å². The van der Waals surface area contributed by atoms with Crippen LogP contribution in [0.15, 0.2) is 42.5 Å². The predicted octanol–water partition coefficient (Wildman–Crippen LogP) is 2.94. The molecule has 2 atom stereocenters. The molecular weight excluding hydrogens is 499 g/mol. The molecule has 2 aromatic carbocycles. The molecule has 0 spiro atoms. The number of nitrogens with one attached hydrogen (secondary N) is 3. The fraction of sp³-hybridized carbons (Fsp3) is 0.240. The summed E-state index contributed by atoms with van der Waals surface area (Å²) in [5.41, 5.74) is -0.396. The maximum absolute atomic E-state index is 14.3. The molecule has 0 bridgehead atoms. The minimum atomic E-state index is -1.56. The molecule has 37 heavy (non-hydrogen) atoms. The number of aliphatic hydroxyl groups is 1. The van der Waals surface area contributed by atoms with Crippen LogP contribution in [0.2, 0.25) is 0 Å². The highest BCUT2D eigenvalue weighted by Crippen LogP contribution is 2.46. The molecule has 2 aromatic heterocycles. The van der Waals surface area contributed by atoms with E-state index < -0.39 is 29.3 Å². The van der Waals surface area contributed by atoms with Crippen molar-refractivity contribution in [2.24, 2.45) is 0 Å². The van der Waals surface area contributed by atoms with Gasteiger partial charge in [0.1, 0.15) is 22.7 Å². The van der Waals surface area contributed by atoms with Crippen molar-refractivity contribution in [2.45, 2.75) is 32.0 Å². The Hall–Kier alpha value is -4.16. The van der Waals surface area contributed by atoms with Crippen molar-refractivity contribution < 1.29 is 23.9 Å². The normalized spacial score (nSPS) is 17.4. The first kappa shape index (κ1) is 24.5. The Labute approximate surface area is 214 Å². The van der Waals surface area contributed by atoms with Crippen LogP contribution in [0, 0.1) is 5.82 Å². The highest BCUT2D eigenvalue weighted by molar-refractivity contribution is 7.13. The molecule has 0 saturated heterocycles. The number of fused-ring (bicyclic) bond motifs is 2. The second-order valence-corrected chi connectivity index (χ2v) is 9.68. The third-order valence-corrected chi connectivity index (χ3v) is 7.25. The van der Waals surface area contributed by atoms with Gasteiger partial charge in [0.2, 0.25) is 11.7 Å². The number of nitrogens with zero attached hydrogens (tertiary/aromatic N) is 3. The van der Waals surface area contributed by atoms with Crippen LogP contribution in [0.3, 0.4) is 0 Å². The molecule has 1 unspecified atom stereocenters. The van der Waals surface area contributed by atoms with Gasteiger partial charge in [-0.1, -0.05) is 18.2 Å². The third kappa shape index (κ3) is 3.94. The minimum Gasteiger partial charge on any atom is -0.368 e. The van der Waals surface area contributed by atoms with Crippen LogP contribution in [0.1, 0.15) is 47.6 Å². The van der Waals surface area contributed by atoms with Gasteiger partial charge in [-0.15, -0.1) is 0 Å². The summed E-state index contributed by atoms with van der Waals surface area (Å²) in [6.45, 7) is 2.62. The molecule has 0 fully saturated rings. The van der Waals surface area contributed by atoms with E-state index in [1.165, 1.54) is 48.3 Å². The molecule has 2 amide bonds. The summed E-state index contributed by atoms with van der Waals surface area (Å²) in [4.78, 5) is 42.9. The number of carbonyl (C=O) groups is 3. The van der Waals surface area contributed by atoms with E-state index in [-0.39, 0.29) is 29.7 Å². The second kappa shape index (κ2) is 9.05. The van der Waals surface area contributed by atoms with Crippen molar-refractivity contribution in [2.75, 3.05) is 17.7 Å². The lowest BCUT2D eigenvalue weighted by Gasteiger charge is -2.26. The molecule has 1 aliphatic heterocycles. The summed E-state index contributed by atoms with van der Waals surface area (Å²) in [5.74, 6) is -2.14. The first-order valence-electron chi connectivity index (χ1n) is 11.4. The van der Waals surface area contributed by atoms with Crippen LogP contribution in [-0.4, -0.2) is 43.7 Å². The Balaban J connectivity index is 1.73. The zero-order valence-corrected chi connectivity index (χ0v) is 20.9. The highest BCUT2D eigenvalue weighted by Gasteiger charge is 2.49. The third-order valence-electron chi connectivity index (χ3n) is 6.41. The van der Waals surface area contributed by atoms with E-state index in [1.807, 2.05) is 24.3 Å². The van der Waals surface area contributed by atoms with Gasteiger partial charge >= 0.3 is 0 Å². The summed E-state index contributed by atoms with van der Waals surface area (Å²) in [6.07, 6.45) is -1.37. The van der Waals surface area contributed by atoms with E-state index in [0.717, 1.165) is 10.1 Å². The fourth-order valence-electron chi connectivity index (χ4n) is 4.67. The number of ketones is 1. The molecule has 10 nitrogen and oxygen atoms in total. The Bertz CT molecular complexity index is 1580. The van der Waals surface area contributed by atoms with Crippen molar-refractivity contribution in [3.63, 3.8) is 0 Å². The first-order valence-corrected chi connectivity index (χ1v) is 12.2. The van der Waals surface area contributed by atoms with E-state index in [4.69, 9.17) is 0 Å².